The minimum absolute atomic E-state index is 0.0368. The Balaban J connectivity index is 1.97. The summed E-state index contributed by atoms with van der Waals surface area (Å²) in [6.07, 6.45) is 6.44. The summed E-state index contributed by atoms with van der Waals surface area (Å²) in [6.45, 7) is 3.15. The predicted molar refractivity (Wildman–Crippen MR) is 157 cm³/mol. The first-order valence-electron chi connectivity index (χ1n) is 12.7. The third kappa shape index (κ3) is 7.87. The van der Waals surface area contributed by atoms with Crippen LogP contribution < -0.4 is 9.62 Å². The number of benzene rings is 2. The van der Waals surface area contributed by atoms with Crippen LogP contribution in [0.5, 0.6) is 0 Å². The lowest BCUT2D eigenvalue weighted by molar-refractivity contribution is -0.140. The first kappa shape index (κ1) is 30.7. The summed E-state index contributed by atoms with van der Waals surface area (Å²) in [7, 11) is -3.82. The van der Waals surface area contributed by atoms with E-state index in [1.54, 1.807) is 36.4 Å². The van der Waals surface area contributed by atoms with E-state index >= 15 is 0 Å². The van der Waals surface area contributed by atoms with Gasteiger partial charge in [0.2, 0.25) is 21.8 Å². The molecule has 1 atom stereocenters. The maximum atomic E-state index is 13.9. The molecule has 0 unspecified atom stereocenters. The number of hydrogen-bond acceptors (Lipinski definition) is 4. The van der Waals surface area contributed by atoms with Gasteiger partial charge in [0.25, 0.3) is 0 Å². The van der Waals surface area contributed by atoms with Gasteiger partial charge in [0.1, 0.15) is 12.6 Å². The van der Waals surface area contributed by atoms with Crippen LogP contribution in [0.2, 0.25) is 10.0 Å². The first-order valence-corrected chi connectivity index (χ1v) is 16.1. The van der Waals surface area contributed by atoms with E-state index in [1.807, 2.05) is 13.8 Å². The van der Waals surface area contributed by atoms with E-state index in [-0.39, 0.29) is 18.5 Å². The molecule has 1 N–H and O–H groups in total. The summed E-state index contributed by atoms with van der Waals surface area (Å²) in [5.74, 6) is -0.793. The van der Waals surface area contributed by atoms with E-state index < -0.39 is 28.5 Å². The van der Waals surface area contributed by atoms with Crippen LogP contribution in [0.4, 0.5) is 5.69 Å². The van der Waals surface area contributed by atoms with Crippen LogP contribution in [0.1, 0.15) is 56.6 Å². The van der Waals surface area contributed by atoms with E-state index in [0.29, 0.717) is 27.7 Å². The molecule has 0 bridgehead atoms. The number of carbonyl (C=O) groups is 2. The molecule has 0 spiro atoms. The molecule has 1 aliphatic carbocycles. The Bertz CT molecular complexity index is 1250. The lowest BCUT2D eigenvalue weighted by Gasteiger charge is -2.34. The van der Waals surface area contributed by atoms with Crippen LogP contribution in [-0.2, 0) is 26.2 Å². The van der Waals surface area contributed by atoms with Crippen molar-refractivity contribution in [1.29, 1.82) is 0 Å². The van der Waals surface area contributed by atoms with Gasteiger partial charge in [-0.2, -0.15) is 0 Å². The van der Waals surface area contributed by atoms with Gasteiger partial charge in [0.05, 0.1) is 11.9 Å². The minimum atomic E-state index is -3.82. The fraction of sp³-hybridized carbons (Fsp3) is 0.481. The maximum absolute atomic E-state index is 13.9. The van der Waals surface area contributed by atoms with Gasteiger partial charge in [-0.25, -0.2) is 8.42 Å². The topological polar surface area (TPSA) is 86.8 Å². The molecule has 0 aliphatic heterocycles. The fourth-order valence-electron chi connectivity index (χ4n) is 4.72. The summed E-state index contributed by atoms with van der Waals surface area (Å²) < 4.78 is 27.5. The molecule has 2 amide bonds. The second kappa shape index (κ2) is 13.5. The van der Waals surface area contributed by atoms with Gasteiger partial charge >= 0.3 is 0 Å². The summed E-state index contributed by atoms with van der Waals surface area (Å²) in [4.78, 5) is 28.8. The van der Waals surface area contributed by atoms with Crippen molar-refractivity contribution >= 4 is 66.7 Å². The van der Waals surface area contributed by atoms with Gasteiger partial charge in [-0.15, -0.1) is 0 Å². The number of sulfonamides is 1. The van der Waals surface area contributed by atoms with Crippen LogP contribution in [-0.4, -0.2) is 50.0 Å². The van der Waals surface area contributed by atoms with Crippen LogP contribution in [0, 0.1) is 6.92 Å². The van der Waals surface area contributed by atoms with Gasteiger partial charge in [0.15, 0.2) is 0 Å². The molecule has 208 valence electrons. The second-order valence-corrected chi connectivity index (χ2v) is 13.3. The number of nitrogens with one attached hydrogen (secondary N) is 1. The number of anilines is 1. The Labute approximate surface area is 244 Å². The third-order valence-electron chi connectivity index (χ3n) is 6.84. The summed E-state index contributed by atoms with van der Waals surface area (Å²) in [6, 6.07) is 9.34. The average Bonchev–Trinajstić information content (AvgIpc) is 2.85. The molecule has 0 aromatic heterocycles. The first-order chi connectivity index (χ1) is 17.9. The standard InChI is InChI=1S/C27H34BrCl2N3O4S/c1-4-25(27(35)31-19-9-6-5-7-10-19)32(16-21-23(29)11-8-12-24(21)30)26(34)17-33(38(3,36)37)20-13-14-22(28)18(2)15-20/h8,11-15,19,25H,4-7,9-10,16-17H2,1-3H3,(H,31,35)/t25-/m1/s1. The molecule has 7 nitrogen and oxygen atoms in total. The molecule has 0 radical (unpaired) electrons. The molecule has 1 aliphatic rings. The zero-order valence-corrected chi connectivity index (χ0v) is 25.8. The van der Waals surface area contributed by atoms with Crippen molar-refractivity contribution in [2.75, 3.05) is 17.1 Å². The minimum Gasteiger partial charge on any atom is -0.352 e. The molecular formula is C27H34BrCl2N3O4S. The number of carbonyl (C=O) groups excluding carboxylic acids is 2. The monoisotopic (exact) mass is 645 g/mol. The van der Waals surface area contributed by atoms with Crippen LogP contribution in [0.15, 0.2) is 40.9 Å². The lowest BCUT2D eigenvalue weighted by Crippen LogP contribution is -2.54. The van der Waals surface area contributed by atoms with Crippen LogP contribution >= 0.6 is 39.1 Å². The van der Waals surface area contributed by atoms with Crippen LogP contribution in [0.25, 0.3) is 0 Å². The Morgan fingerprint density at radius 1 is 1.11 bits per heavy atom. The van der Waals surface area contributed by atoms with E-state index in [9.17, 15) is 18.0 Å². The maximum Gasteiger partial charge on any atom is 0.244 e. The Kier molecular flexibility index (Phi) is 10.9. The number of aryl methyl sites for hydroxylation is 1. The number of hydrogen-bond donors (Lipinski definition) is 1. The molecule has 11 heteroatoms. The molecular weight excluding hydrogens is 613 g/mol. The van der Waals surface area contributed by atoms with Gasteiger partial charge in [-0.1, -0.05) is 71.4 Å². The van der Waals surface area contributed by atoms with Crippen LogP contribution in [0.3, 0.4) is 0 Å². The van der Waals surface area contributed by atoms with Gasteiger partial charge in [-0.05, 0) is 62.1 Å². The van der Waals surface area contributed by atoms with Crippen molar-refractivity contribution in [3.05, 3.63) is 62.0 Å². The molecule has 0 saturated heterocycles. The Morgan fingerprint density at radius 3 is 2.29 bits per heavy atom. The second-order valence-electron chi connectivity index (χ2n) is 9.69. The molecule has 2 aromatic rings. The van der Waals surface area contributed by atoms with E-state index in [2.05, 4.69) is 21.2 Å². The van der Waals surface area contributed by atoms with E-state index in [0.717, 1.165) is 52.7 Å². The van der Waals surface area contributed by atoms with Crippen molar-refractivity contribution in [3.8, 4) is 0 Å². The largest absolute Gasteiger partial charge is 0.352 e. The van der Waals surface area contributed by atoms with Gasteiger partial charge in [0, 0.05) is 32.7 Å². The fourth-order valence-corrected chi connectivity index (χ4v) is 6.32. The van der Waals surface area contributed by atoms with Gasteiger partial charge in [-0.3, -0.25) is 13.9 Å². The highest BCUT2D eigenvalue weighted by Gasteiger charge is 2.33. The van der Waals surface area contributed by atoms with Crippen molar-refractivity contribution in [1.82, 2.24) is 10.2 Å². The zero-order valence-electron chi connectivity index (χ0n) is 21.8. The molecule has 0 heterocycles. The van der Waals surface area contributed by atoms with Crippen molar-refractivity contribution in [2.45, 2.75) is 71.0 Å². The Hall–Kier alpha value is -1.81. The highest BCUT2D eigenvalue weighted by Crippen LogP contribution is 2.29. The number of rotatable bonds is 10. The van der Waals surface area contributed by atoms with Crippen molar-refractivity contribution in [3.63, 3.8) is 0 Å². The summed E-state index contributed by atoms with van der Waals surface area (Å²) >= 11 is 16.3. The average molecular weight is 647 g/mol. The van der Waals surface area contributed by atoms with E-state index in [4.69, 9.17) is 23.2 Å². The lowest BCUT2D eigenvalue weighted by atomic mass is 9.95. The van der Waals surface area contributed by atoms with Crippen molar-refractivity contribution < 1.29 is 18.0 Å². The molecule has 1 fully saturated rings. The summed E-state index contributed by atoms with van der Waals surface area (Å²) in [5.41, 5.74) is 1.68. The quantitative estimate of drug-likeness (QED) is 0.339. The molecule has 38 heavy (non-hydrogen) atoms. The number of amides is 2. The van der Waals surface area contributed by atoms with Crippen molar-refractivity contribution in [2.24, 2.45) is 0 Å². The van der Waals surface area contributed by atoms with Gasteiger partial charge < -0.3 is 10.2 Å². The zero-order chi connectivity index (χ0) is 28.0. The summed E-state index contributed by atoms with van der Waals surface area (Å²) in [5, 5.41) is 3.84. The molecule has 2 aromatic carbocycles. The third-order valence-corrected chi connectivity index (χ3v) is 9.57. The Morgan fingerprint density at radius 2 is 1.74 bits per heavy atom. The normalized spacial score (nSPS) is 15.1. The SMILES string of the molecule is CC[C@H](C(=O)NC1CCCCC1)N(Cc1c(Cl)cccc1Cl)C(=O)CN(c1ccc(Br)c(C)c1)S(C)(=O)=O. The number of nitrogens with zero attached hydrogens (tertiary/aromatic N) is 2. The smallest absolute Gasteiger partial charge is 0.244 e. The highest BCUT2D eigenvalue weighted by molar-refractivity contribution is 9.10. The molecule has 1 saturated carbocycles. The van der Waals surface area contributed by atoms with E-state index in [1.165, 1.54) is 4.90 Å². The highest BCUT2D eigenvalue weighted by atomic mass is 79.9. The number of halogens is 3. The predicted octanol–water partition coefficient (Wildman–Crippen LogP) is 6.09. The molecule has 3 rings (SSSR count).